The van der Waals surface area contributed by atoms with E-state index in [1.165, 1.54) is 12.1 Å². The average Bonchev–Trinajstić information content (AvgIpc) is 2.66. The topological polar surface area (TPSA) is 46.1 Å². The van der Waals surface area contributed by atoms with E-state index in [4.69, 9.17) is 21.1 Å². The first-order valence-corrected chi connectivity index (χ1v) is 9.13. The van der Waals surface area contributed by atoms with Gasteiger partial charge in [-0.15, -0.1) is 24.0 Å². The Morgan fingerprint density at radius 1 is 1.29 bits per heavy atom. The molecule has 152 valence electrons. The van der Waals surface area contributed by atoms with E-state index in [1.807, 2.05) is 36.2 Å². The molecule has 0 atom stereocenters. The quantitative estimate of drug-likeness (QED) is 0.365. The molecule has 0 saturated carbocycles. The van der Waals surface area contributed by atoms with Crippen LogP contribution >= 0.6 is 35.6 Å². The van der Waals surface area contributed by atoms with E-state index in [-0.39, 0.29) is 36.6 Å². The molecule has 0 aromatic heterocycles. The Morgan fingerprint density at radius 2 is 2.07 bits per heavy atom. The number of benzene rings is 2. The van der Waals surface area contributed by atoms with Crippen molar-refractivity contribution in [3.8, 4) is 5.75 Å². The SMILES string of the molecule is CN=C(NCCc1cc(F)cc2c1OCOC2)N(C)Cc1ccccc1Cl.I. The number of halogens is 3. The highest BCUT2D eigenvalue weighted by atomic mass is 127. The molecular weight excluding hydrogens is 496 g/mol. The van der Waals surface area contributed by atoms with Crippen molar-refractivity contribution in [3.63, 3.8) is 0 Å². The van der Waals surface area contributed by atoms with Gasteiger partial charge in [-0.25, -0.2) is 4.39 Å². The number of guanidine groups is 1. The minimum atomic E-state index is -0.280. The third kappa shape index (κ3) is 5.71. The summed E-state index contributed by atoms with van der Waals surface area (Å²) in [4.78, 5) is 6.31. The Morgan fingerprint density at radius 3 is 2.82 bits per heavy atom. The van der Waals surface area contributed by atoms with Gasteiger partial charge in [0.2, 0.25) is 0 Å². The molecule has 2 aromatic rings. The largest absolute Gasteiger partial charge is 0.467 e. The summed E-state index contributed by atoms with van der Waals surface area (Å²) in [6.45, 7) is 1.80. The lowest BCUT2D eigenvalue weighted by Gasteiger charge is -2.24. The van der Waals surface area contributed by atoms with Crippen LogP contribution in [-0.2, 0) is 24.3 Å². The van der Waals surface area contributed by atoms with Crippen molar-refractivity contribution in [2.75, 3.05) is 27.4 Å². The van der Waals surface area contributed by atoms with Crippen LogP contribution in [0.15, 0.2) is 41.4 Å². The second-order valence-electron chi connectivity index (χ2n) is 6.34. The number of nitrogens with one attached hydrogen (secondary N) is 1. The van der Waals surface area contributed by atoms with Gasteiger partial charge in [-0.05, 0) is 35.7 Å². The van der Waals surface area contributed by atoms with Crippen molar-refractivity contribution < 1.29 is 13.9 Å². The van der Waals surface area contributed by atoms with Gasteiger partial charge in [0, 0.05) is 37.8 Å². The molecule has 1 heterocycles. The maximum atomic E-state index is 13.8. The maximum Gasteiger partial charge on any atom is 0.193 e. The molecule has 0 radical (unpaired) electrons. The first-order chi connectivity index (χ1) is 13.1. The van der Waals surface area contributed by atoms with Crippen molar-refractivity contribution in [1.82, 2.24) is 10.2 Å². The van der Waals surface area contributed by atoms with Gasteiger partial charge in [0.25, 0.3) is 0 Å². The first-order valence-electron chi connectivity index (χ1n) is 8.75. The molecule has 28 heavy (non-hydrogen) atoms. The van der Waals surface area contributed by atoms with Crippen molar-refractivity contribution in [2.45, 2.75) is 19.6 Å². The van der Waals surface area contributed by atoms with Crippen LogP contribution < -0.4 is 10.1 Å². The molecule has 0 bridgehead atoms. The number of fused-ring (bicyclic) bond motifs is 1. The number of aliphatic imine (C=N–C) groups is 1. The number of nitrogens with zero attached hydrogens (tertiary/aromatic N) is 2. The van der Waals surface area contributed by atoms with Crippen LogP contribution in [0.25, 0.3) is 0 Å². The summed E-state index contributed by atoms with van der Waals surface area (Å²) in [6.07, 6.45) is 0.610. The highest BCUT2D eigenvalue weighted by Crippen LogP contribution is 2.29. The molecule has 0 fully saturated rings. The predicted molar refractivity (Wildman–Crippen MR) is 120 cm³/mol. The monoisotopic (exact) mass is 519 g/mol. The molecule has 0 amide bonds. The lowest BCUT2D eigenvalue weighted by atomic mass is 10.1. The molecule has 5 nitrogen and oxygen atoms in total. The van der Waals surface area contributed by atoms with E-state index in [0.717, 1.165) is 33.4 Å². The summed E-state index contributed by atoms with van der Waals surface area (Å²) in [5.41, 5.74) is 2.60. The lowest BCUT2D eigenvalue weighted by Crippen LogP contribution is -2.39. The fourth-order valence-corrected chi connectivity index (χ4v) is 3.29. The van der Waals surface area contributed by atoms with E-state index in [9.17, 15) is 4.39 Å². The minimum Gasteiger partial charge on any atom is -0.467 e. The molecule has 1 aliphatic heterocycles. The molecule has 2 aromatic carbocycles. The van der Waals surface area contributed by atoms with Crippen LogP contribution in [0, 0.1) is 5.82 Å². The Kier molecular flexibility index (Phi) is 8.78. The summed E-state index contributed by atoms with van der Waals surface area (Å²) < 4.78 is 24.6. The zero-order chi connectivity index (χ0) is 19.2. The Bertz CT molecular complexity index is 835. The summed E-state index contributed by atoms with van der Waals surface area (Å²) in [5.74, 6) is 1.19. The average molecular weight is 520 g/mol. The van der Waals surface area contributed by atoms with Crippen molar-refractivity contribution in [3.05, 3.63) is 63.9 Å². The smallest absolute Gasteiger partial charge is 0.193 e. The zero-order valence-corrected chi connectivity index (χ0v) is 19.0. The van der Waals surface area contributed by atoms with E-state index in [0.29, 0.717) is 26.1 Å². The van der Waals surface area contributed by atoms with Crippen molar-refractivity contribution in [2.24, 2.45) is 4.99 Å². The number of rotatable bonds is 5. The van der Waals surface area contributed by atoms with Gasteiger partial charge in [-0.2, -0.15) is 0 Å². The van der Waals surface area contributed by atoms with Gasteiger partial charge in [0.05, 0.1) is 6.61 Å². The second-order valence-corrected chi connectivity index (χ2v) is 6.74. The molecule has 3 rings (SSSR count). The van der Waals surface area contributed by atoms with Crippen LogP contribution in [0.1, 0.15) is 16.7 Å². The highest BCUT2D eigenvalue weighted by molar-refractivity contribution is 14.0. The van der Waals surface area contributed by atoms with Crippen molar-refractivity contribution in [1.29, 1.82) is 0 Å². The molecule has 0 unspecified atom stereocenters. The number of hydrogen-bond acceptors (Lipinski definition) is 3. The second kappa shape index (κ2) is 10.8. The van der Waals surface area contributed by atoms with Gasteiger partial charge >= 0.3 is 0 Å². The van der Waals surface area contributed by atoms with Gasteiger partial charge < -0.3 is 19.7 Å². The molecule has 0 aliphatic carbocycles. The summed E-state index contributed by atoms with van der Waals surface area (Å²) >= 11 is 6.24. The molecule has 1 N–H and O–H groups in total. The van der Waals surface area contributed by atoms with Crippen LogP contribution in [-0.4, -0.2) is 38.3 Å². The fraction of sp³-hybridized carbons (Fsp3) is 0.350. The third-order valence-electron chi connectivity index (χ3n) is 4.37. The maximum absolute atomic E-state index is 13.8. The zero-order valence-electron chi connectivity index (χ0n) is 15.9. The van der Waals surface area contributed by atoms with Gasteiger partial charge in [-0.1, -0.05) is 29.8 Å². The first kappa shape index (κ1) is 22.7. The Balaban J connectivity index is 0.00000280. The molecule has 0 saturated heterocycles. The fourth-order valence-electron chi connectivity index (χ4n) is 3.09. The lowest BCUT2D eigenvalue weighted by molar-refractivity contribution is -0.0172. The molecule has 0 spiro atoms. The van der Waals surface area contributed by atoms with Crippen LogP contribution in [0.3, 0.4) is 0 Å². The van der Waals surface area contributed by atoms with E-state index in [2.05, 4.69) is 10.3 Å². The molecule has 8 heteroatoms. The summed E-state index contributed by atoms with van der Waals surface area (Å²) in [7, 11) is 3.68. The van der Waals surface area contributed by atoms with Crippen molar-refractivity contribution >= 4 is 41.5 Å². The standard InChI is InChI=1S/C20H23ClFN3O2.HI/c1-23-20(25(2)11-15-5-3-4-6-18(15)21)24-8-7-14-9-17(22)10-16-12-26-13-27-19(14)16;/h3-6,9-10H,7-8,11-13H2,1-2H3,(H,23,24);1H. The van der Waals surface area contributed by atoms with E-state index in [1.54, 1.807) is 7.05 Å². The van der Waals surface area contributed by atoms with Crippen LogP contribution in [0.2, 0.25) is 5.02 Å². The minimum absolute atomic E-state index is 0. The highest BCUT2D eigenvalue weighted by Gasteiger charge is 2.17. The molecular formula is C20H24ClFIN3O2. The Labute approximate surface area is 186 Å². The van der Waals surface area contributed by atoms with Gasteiger partial charge in [0.1, 0.15) is 11.6 Å². The van der Waals surface area contributed by atoms with Gasteiger partial charge in [0.15, 0.2) is 12.8 Å². The summed E-state index contributed by atoms with van der Waals surface area (Å²) in [6, 6.07) is 10.7. The number of hydrogen-bond donors (Lipinski definition) is 1. The third-order valence-corrected chi connectivity index (χ3v) is 4.74. The van der Waals surface area contributed by atoms with E-state index < -0.39 is 0 Å². The van der Waals surface area contributed by atoms with Crippen LogP contribution in [0.5, 0.6) is 5.75 Å². The summed E-state index contributed by atoms with van der Waals surface area (Å²) in [5, 5.41) is 4.03. The van der Waals surface area contributed by atoms with Gasteiger partial charge in [-0.3, -0.25) is 4.99 Å². The predicted octanol–water partition coefficient (Wildman–Crippen LogP) is 4.21. The normalized spacial score (nSPS) is 13.2. The molecule has 1 aliphatic rings. The Hall–Kier alpha value is -1.58. The number of ether oxygens (including phenoxy) is 2. The van der Waals surface area contributed by atoms with E-state index >= 15 is 0 Å². The van der Waals surface area contributed by atoms with Crippen LogP contribution in [0.4, 0.5) is 4.39 Å².